The van der Waals surface area contributed by atoms with Crippen LogP contribution in [0.25, 0.3) is 0 Å². The van der Waals surface area contributed by atoms with E-state index in [1.54, 1.807) is 24.3 Å². The van der Waals surface area contributed by atoms with E-state index in [1.807, 2.05) is 30.3 Å². The van der Waals surface area contributed by atoms with Gasteiger partial charge in [0.2, 0.25) is 0 Å². The number of phenols is 1. The van der Waals surface area contributed by atoms with Gasteiger partial charge in [0, 0.05) is 31.7 Å². The van der Waals surface area contributed by atoms with Crippen molar-refractivity contribution in [2.45, 2.75) is 32.0 Å². The van der Waals surface area contributed by atoms with E-state index in [1.165, 1.54) is 0 Å². The largest absolute Gasteiger partial charge is 0.508 e. The van der Waals surface area contributed by atoms with Gasteiger partial charge in [-0.05, 0) is 49.2 Å². The van der Waals surface area contributed by atoms with Crippen LogP contribution in [0, 0.1) is 0 Å². The molecule has 1 fully saturated rings. The van der Waals surface area contributed by atoms with E-state index >= 15 is 0 Å². The first-order chi connectivity index (χ1) is 13.4. The lowest BCUT2D eigenvalue weighted by Crippen LogP contribution is -2.57. The summed E-state index contributed by atoms with van der Waals surface area (Å²) in [6.45, 7) is 11.0. The van der Waals surface area contributed by atoms with E-state index in [0.29, 0.717) is 12.1 Å². The maximum absolute atomic E-state index is 11.2. The molecule has 1 saturated heterocycles. The summed E-state index contributed by atoms with van der Waals surface area (Å²) in [4.78, 5) is 16.1. The van der Waals surface area contributed by atoms with E-state index in [-0.39, 0.29) is 17.4 Å². The van der Waals surface area contributed by atoms with Gasteiger partial charge in [-0.15, -0.1) is 6.58 Å². The Bertz CT molecular complexity index is 834. The average molecular weight is 380 g/mol. The molecule has 3 rings (SSSR count). The van der Waals surface area contributed by atoms with Gasteiger partial charge < -0.3 is 10.2 Å². The first kappa shape index (κ1) is 20.1. The van der Waals surface area contributed by atoms with Crippen LogP contribution in [0.3, 0.4) is 0 Å². The molecular weight excluding hydrogens is 352 g/mol. The number of rotatable bonds is 6. The smallest absolute Gasteiger partial charge is 0.335 e. The quantitative estimate of drug-likeness (QED) is 0.747. The topological polar surface area (TPSA) is 64.0 Å². The molecule has 28 heavy (non-hydrogen) atoms. The third-order valence-electron chi connectivity index (χ3n) is 5.52. The molecule has 1 aliphatic heterocycles. The zero-order valence-corrected chi connectivity index (χ0v) is 16.5. The fourth-order valence-electron chi connectivity index (χ4n) is 4.08. The van der Waals surface area contributed by atoms with Gasteiger partial charge in [0.05, 0.1) is 11.6 Å². The van der Waals surface area contributed by atoms with Crippen LogP contribution in [-0.4, -0.2) is 57.7 Å². The van der Waals surface area contributed by atoms with E-state index in [2.05, 4.69) is 30.2 Å². The summed E-state index contributed by atoms with van der Waals surface area (Å²) in [5.41, 5.74) is 2.29. The summed E-state index contributed by atoms with van der Waals surface area (Å²) in [6, 6.07) is 15.0. The van der Waals surface area contributed by atoms with E-state index in [4.69, 9.17) is 0 Å². The van der Waals surface area contributed by atoms with Crippen molar-refractivity contribution in [3.63, 3.8) is 0 Å². The summed E-state index contributed by atoms with van der Waals surface area (Å²) in [7, 11) is 0. The van der Waals surface area contributed by atoms with E-state index in [9.17, 15) is 15.0 Å². The summed E-state index contributed by atoms with van der Waals surface area (Å²) >= 11 is 0. The third kappa shape index (κ3) is 4.26. The number of benzene rings is 2. The fraction of sp³-hybridized carbons (Fsp3) is 0.348. The Kier molecular flexibility index (Phi) is 6.17. The summed E-state index contributed by atoms with van der Waals surface area (Å²) in [6.07, 6.45) is 1.94. The number of carboxylic acids is 1. The molecule has 0 saturated carbocycles. The van der Waals surface area contributed by atoms with Crippen LogP contribution in [-0.2, 0) is 0 Å². The molecule has 1 aliphatic rings. The molecule has 5 heteroatoms. The molecule has 0 radical (unpaired) electrons. The van der Waals surface area contributed by atoms with Crippen LogP contribution in [0.2, 0.25) is 0 Å². The highest BCUT2D eigenvalue weighted by atomic mass is 16.4. The normalized spacial score (nSPS) is 21.9. The molecule has 148 valence electrons. The lowest BCUT2D eigenvalue weighted by Gasteiger charge is -2.47. The Morgan fingerprint density at radius 1 is 1.14 bits per heavy atom. The second kappa shape index (κ2) is 8.59. The third-order valence-corrected chi connectivity index (χ3v) is 5.52. The Morgan fingerprint density at radius 2 is 1.86 bits per heavy atom. The Labute approximate surface area is 166 Å². The van der Waals surface area contributed by atoms with Crippen molar-refractivity contribution in [2.24, 2.45) is 0 Å². The minimum absolute atomic E-state index is 0.0572. The van der Waals surface area contributed by atoms with Crippen LogP contribution in [0.5, 0.6) is 5.75 Å². The Morgan fingerprint density at radius 3 is 2.46 bits per heavy atom. The Balaban J connectivity index is 1.99. The molecule has 1 heterocycles. The highest BCUT2D eigenvalue weighted by Crippen LogP contribution is 2.34. The summed E-state index contributed by atoms with van der Waals surface area (Å²) < 4.78 is 0. The summed E-state index contributed by atoms with van der Waals surface area (Å²) in [5.74, 6) is -0.698. The van der Waals surface area contributed by atoms with Crippen LogP contribution in [0.4, 0.5) is 0 Å². The van der Waals surface area contributed by atoms with Crippen molar-refractivity contribution < 1.29 is 15.0 Å². The highest BCUT2D eigenvalue weighted by Gasteiger charge is 2.34. The van der Waals surface area contributed by atoms with Gasteiger partial charge in [-0.1, -0.05) is 30.3 Å². The minimum atomic E-state index is -0.930. The van der Waals surface area contributed by atoms with Crippen molar-refractivity contribution in [2.75, 3.05) is 19.6 Å². The zero-order chi connectivity index (χ0) is 20.3. The second-order valence-corrected chi connectivity index (χ2v) is 7.56. The monoisotopic (exact) mass is 380 g/mol. The number of aromatic hydroxyl groups is 1. The van der Waals surface area contributed by atoms with Crippen LogP contribution in [0.1, 0.15) is 41.4 Å². The van der Waals surface area contributed by atoms with Crippen molar-refractivity contribution in [3.05, 3.63) is 77.9 Å². The van der Waals surface area contributed by atoms with Gasteiger partial charge in [-0.25, -0.2) is 4.79 Å². The van der Waals surface area contributed by atoms with E-state index in [0.717, 1.165) is 30.8 Å². The van der Waals surface area contributed by atoms with E-state index < -0.39 is 5.97 Å². The average Bonchev–Trinajstić information content (AvgIpc) is 2.66. The fourth-order valence-corrected chi connectivity index (χ4v) is 4.08. The number of phenolic OH excluding ortho intramolecular Hbond substituents is 1. The molecule has 5 nitrogen and oxygen atoms in total. The molecule has 2 N–H and O–H groups in total. The first-order valence-electron chi connectivity index (χ1n) is 9.63. The molecule has 0 aromatic heterocycles. The van der Waals surface area contributed by atoms with Crippen molar-refractivity contribution in [1.82, 2.24) is 9.80 Å². The molecule has 0 amide bonds. The number of aromatic carboxylic acids is 1. The first-order valence-corrected chi connectivity index (χ1v) is 9.63. The second-order valence-electron chi connectivity index (χ2n) is 7.56. The number of piperazine rings is 1. The maximum atomic E-state index is 11.2. The van der Waals surface area contributed by atoms with Crippen molar-refractivity contribution in [3.8, 4) is 5.75 Å². The molecule has 1 unspecified atom stereocenters. The number of hydrogen-bond donors (Lipinski definition) is 2. The number of nitrogens with zero attached hydrogens (tertiary/aromatic N) is 2. The van der Waals surface area contributed by atoms with Crippen LogP contribution in [0.15, 0.2) is 61.2 Å². The van der Waals surface area contributed by atoms with Gasteiger partial charge >= 0.3 is 5.97 Å². The number of carbonyl (C=O) groups is 1. The standard InChI is InChI=1S/C23H28N2O3/c1-4-12-24-14-17(3)25(15-16(24)2)22(20-6-5-7-21(26)13-20)18-8-10-19(11-9-18)23(27)28/h4-11,13,16-17,22,26H,1,12,14-15H2,2-3H3,(H,27,28)/t16-,17+,22?/m1/s1. The molecule has 0 spiro atoms. The van der Waals surface area contributed by atoms with Crippen LogP contribution < -0.4 is 0 Å². The SMILES string of the molecule is C=CCN1C[C@H](C)N(C(c2ccc(C(=O)O)cc2)c2cccc(O)c2)C[C@H]1C. The Hall–Kier alpha value is -2.63. The lowest BCUT2D eigenvalue weighted by atomic mass is 9.93. The molecule has 2 aromatic carbocycles. The minimum Gasteiger partial charge on any atom is -0.508 e. The number of carboxylic acid groups (broad SMARTS) is 1. The van der Waals surface area contributed by atoms with Gasteiger partial charge in [-0.2, -0.15) is 0 Å². The molecule has 0 aliphatic carbocycles. The molecule has 3 atom stereocenters. The van der Waals surface area contributed by atoms with Gasteiger partial charge in [0.25, 0.3) is 0 Å². The van der Waals surface area contributed by atoms with Crippen LogP contribution >= 0.6 is 0 Å². The van der Waals surface area contributed by atoms with Crippen molar-refractivity contribution in [1.29, 1.82) is 0 Å². The predicted molar refractivity (Wildman–Crippen MR) is 111 cm³/mol. The molecule has 2 aromatic rings. The molecule has 0 bridgehead atoms. The predicted octanol–water partition coefficient (Wildman–Crippen LogP) is 3.76. The van der Waals surface area contributed by atoms with Crippen molar-refractivity contribution >= 4 is 5.97 Å². The van der Waals surface area contributed by atoms with Gasteiger partial charge in [0.15, 0.2) is 0 Å². The summed E-state index contributed by atoms with van der Waals surface area (Å²) in [5, 5.41) is 19.3. The zero-order valence-electron chi connectivity index (χ0n) is 16.5. The lowest BCUT2D eigenvalue weighted by molar-refractivity contribution is 0.0306. The highest BCUT2D eigenvalue weighted by molar-refractivity contribution is 5.87. The molecular formula is C23H28N2O3. The van der Waals surface area contributed by atoms with Gasteiger partial charge in [0.1, 0.15) is 5.75 Å². The van der Waals surface area contributed by atoms with Gasteiger partial charge in [-0.3, -0.25) is 9.80 Å². The number of hydrogen-bond acceptors (Lipinski definition) is 4. The maximum Gasteiger partial charge on any atom is 0.335 e.